The maximum atomic E-state index is 12.9. The molecule has 0 saturated heterocycles. The molecule has 0 rings (SSSR count). The van der Waals surface area contributed by atoms with Gasteiger partial charge in [-0.15, -0.1) is 0 Å². The Morgan fingerprint density at radius 2 is 0.588 bits per heavy atom. The largest absolute Gasteiger partial charge is 0.462 e. The van der Waals surface area contributed by atoms with Crippen molar-refractivity contribution in [1.82, 2.24) is 0 Å². The molecule has 0 bridgehead atoms. The summed E-state index contributed by atoms with van der Waals surface area (Å²) in [5.74, 6) is -0.938. The minimum absolute atomic E-state index is 0.0932. The van der Waals surface area contributed by atoms with Crippen LogP contribution in [0, 0.1) is 0 Å². The summed E-state index contributed by atoms with van der Waals surface area (Å²) in [6.07, 6.45) is 71.8. The predicted molar refractivity (Wildman–Crippen MR) is 293 cm³/mol. The zero-order chi connectivity index (χ0) is 49.3. The van der Waals surface area contributed by atoms with Crippen LogP contribution >= 0.6 is 0 Å². The first-order valence-corrected chi connectivity index (χ1v) is 29.0. The maximum absolute atomic E-state index is 12.9. The number of ether oxygens (including phenoxy) is 3. The van der Waals surface area contributed by atoms with Gasteiger partial charge in [-0.1, -0.05) is 248 Å². The molecule has 0 saturated carbocycles. The van der Waals surface area contributed by atoms with Crippen LogP contribution in [0.3, 0.4) is 0 Å². The number of hydrogen-bond donors (Lipinski definition) is 0. The second-order valence-corrected chi connectivity index (χ2v) is 19.3. The van der Waals surface area contributed by atoms with Crippen molar-refractivity contribution in [3.05, 3.63) is 72.9 Å². The average molecular weight is 950 g/mol. The number of allylic oxidation sites excluding steroid dienone is 12. The van der Waals surface area contributed by atoms with Gasteiger partial charge < -0.3 is 14.2 Å². The van der Waals surface area contributed by atoms with E-state index in [1.165, 1.54) is 161 Å². The van der Waals surface area contributed by atoms with Crippen LogP contribution in [-0.2, 0) is 28.6 Å². The van der Waals surface area contributed by atoms with Crippen LogP contribution in [0.25, 0.3) is 0 Å². The van der Waals surface area contributed by atoms with E-state index in [0.29, 0.717) is 19.3 Å². The van der Waals surface area contributed by atoms with E-state index in [2.05, 4.69) is 63.3 Å². The molecule has 0 radical (unpaired) electrons. The standard InChI is InChI=1S/C62H108O6/c1-4-7-10-13-16-19-22-25-27-29-31-33-34-37-40-43-46-49-52-55-61(64)67-58-59(57-66-60(63)54-51-48-45-42-39-36-24-21-18-15-12-9-6-3)68-62(65)56-53-50-47-44-41-38-35-32-30-28-26-23-20-17-14-11-8-5-2/h9,12,15,18,21,24,29,31-32,35-36,39,59H,4-8,10-11,13-14,16-17,19-20,22-23,25-28,30,33-34,37-38,40-58H2,1-3H3/b12-9+,18-15+,24-21+,31-29+,35-32+,39-36+. The van der Waals surface area contributed by atoms with E-state index >= 15 is 0 Å². The molecule has 0 aliphatic heterocycles. The third-order valence-electron chi connectivity index (χ3n) is 12.5. The van der Waals surface area contributed by atoms with E-state index in [1.54, 1.807) is 0 Å². The minimum atomic E-state index is -0.798. The second kappa shape index (κ2) is 56.4. The van der Waals surface area contributed by atoms with E-state index in [0.717, 1.165) is 83.5 Å². The van der Waals surface area contributed by atoms with Crippen molar-refractivity contribution < 1.29 is 28.6 Å². The number of unbranched alkanes of at least 4 members (excludes halogenated alkanes) is 32. The van der Waals surface area contributed by atoms with Crippen molar-refractivity contribution >= 4 is 17.9 Å². The van der Waals surface area contributed by atoms with E-state index in [1.807, 2.05) is 30.4 Å². The van der Waals surface area contributed by atoms with E-state index in [-0.39, 0.29) is 31.1 Å². The van der Waals surface area contributed by atoms with Gasteiger partial charge in [0.1, 0.15) is 13.2 Å². The summed E-state index contributed by atoms with van der Waals surface area (Å²) in [6.45, 7) is 6.48. The number of hydrogen-bond acceptors (Lipinski definition) is 6. The highest BCUT2D eigenvalue weighted by atomic mass is 16.6. The molecular weight excluding hydrogens is 841 g/mol. The molecule has 0 amide bonds. The summed E-state index contributed by atoms with van der Waals surface area (Å²) >= 11 is 0. The number of carbonyl (C=O) groups excluding carboxylic acids is 3. The Labute approximate surface area is 421 Å². The molecule has 0 heterocycles. The van der Waals surface area contributed by atoms with E-state index in [4.69, 9.17) is 14.2 Å². The summed E-state index contributed by atoms with van der Waals surface area (Å²) in [4.78, 5) is 38.1. The predicted octanol–water partition coefficient (Wildman–Crippen LogP) is 19.4. The van der Waals surface area contributed by atoms with E-state index < -0.39 is 6.10 Å². The molecule has 0 aliphatic rings. The third-order valence-corrected chi connectivity index (χ3v) is 12.5. The lowest BCUT2D eigenvalue weighted by Gasteiger charge is -2.18. The molecule has 0 spiro atoms. The van der Waals surface area contributed by atoms with Crippen molar-refractivity contribution in [3.8, 4) is 0 Å². The summed E-state index contributed by atoms with van der Waals surface area (Å²) < 4.78 is 16.8. The average Bonchev–Trinajstić information content (AvgIpc) is 3.34. The van der Waals surface area contributed by atoms with Gasteiger partial charge in [-0.3, -0.25) is 14.4 Å². The molecule has 1 atom stereocenters. The zero-order valence-electron chi connectivity index (χ0n) is 44.9. The Bertz CT molecular complexity index is 1270. The molecule has 6 nitrogen and oxygen atoms in total. The molecule has 6 heteroatoms. The lowest BCUT2D eigenvalue weighted by molar-refractivity contribution is -0.167. The first-order chi connectivity index (χ1) is 33.5. The molecule has 392 valence electrons. The number of carbonyl (C=O) groups is 3. The van der Waals surface area contributed by atoms with Crippen molar-refractivity contribution in [2.45, 2.75) is 290 Å². The lowest BCUT2D eigenvalue weighted by Crippen LogP contribution is -2.30. The highest BCUT2D eigenvalue weighted by Gasteiger charge is 2.19. The second-order valence-electron chi connectivity index (χ2n) is 19.3. The summed E-state index contributed by atoms with van der Waals surface area (Å²) in [6, 6.07) is 0. The van der Waals surface area contributed by atoms with Crippen LogP contribution in [0.4, 0.5) is 0 Å². The quantitative estimate of drug-likeness (QED) is 0.0199. The Balaban J connectivity index is 4.40. The zero-order valence-corrected chi connectivity index (χ0v) is 44.9. The smallest absolute Gasteiger partial charge is 0.306 e. The Kier molecular flexibility index (Phi) is 53.8. The van der Waals surface area contributed by atoms with Crippen LogP contribution in [0.15, 0.2) is 72.9 Å². The fourth-order valence-electron chi connectivity index (χ4n) is 8.15. The monoisotopic (exact) mass is 949 g/mol. The van der Waals surface area contributed by atoms with Gasteiger partial charge >= 0.3 is 17.9 Å². The third kappa shape index (κ3) is 53.8. The van der Waals surface area contributed by atoms with Gasteiger partial charge in [0.25, 0.3) is 0 Å². The van der Waals surface area contributed by atoms with Crippen molar-refractivity contribution in [3.63, 3.8) is 0 Å². The van der Waals surface area contributed by atoms with Gasteiger partial charge in [-0.2, -0.15) is 0 Å². The highest BCUT2D eigenvalue weighted by Crippen LogP contribution is 2.15. The lowest BCUT2D eigenvalue weighted by atomic mass is 10.1. The fourth-order valence-corrected chi connectivity index (χ4v) is 8.15. The highest BCUT2D eigenvalue weighted by molar-refractivity contribution is 5.71. The van der Waals surface area contributed by atoms with Gasteiger partial charge in [0.05, 0.1) is 0 Å². The van der Waals surface area contributed by atoms with Gasteiger partial charge in [-0.05, 0) is 89.9 Å². The van der Waals surface area contributed by atoms with Crippen molar-refractivity contribution in [1.29, 1.82) is 0 Å². The fraction of sp³-hybridized carbons (Fsp3) is 0.758. The molecule has 1 unspecified atom stereocenters. The Hall–Kier alpha value is -3.15. The minimum Gasteiger partial charge on any atom is -0.462 e. The summed E-state index contributed by atoms with van der Waals surface area (Å²) in [5, 5.41) is 0. The van der Waals surface area contributed by atoms with Gasteiger partial charge in [0, 0.05) is 19.3 Å². The van der Waals surface area contributed by atoms with Crippen LogP contribution < -0.4 is 0 Å². The first kappa shape index (κ1) is 64.8. The van der Waals surface area contributed by atoms with Crippen LogP contribution in [0.1, 0.15) is 284 Å². The SMILES string of the molecule is CC/C=C/C=C/C=C/C=C/CCCCCC(=O)OCC(COC(=O)CCCCCCCCC/C=C/CCCCCCCCCC)OC(=O)CCCCCCC/C=C/CCCCCCCCCCC. The Morgan fingerprint density at radius 3 is 0.956 bits per heavy atom. The normalized spacial score (nSPS) is 12.6. The number of esters is 3. The molecule has 0 aromatic carbocycles. The van der Waals surface area contributed by atoms with Crippen molar-refractivity contribution in [2.75, 3.05) is 13.2 Å². The molecule has 0 fully saturated rings. The van der Waals surface area contributed by atoms with Gasteiger partial charge in [0.15, 0.2) is 6.10 Å². The molecule has 0 aromatic heterocycles. The molecular formula is C62H108O6. The Morgan fingerprint density at radius 1 is 0.309 bits per heavy atom. The van der Waals surface area contributed by atoms with Gasteiger partial charge in [-0.25, -0.2) is 0 Å². The van der Waals surface area contributed by atoms with E-state index in [9.17, 15) is 14.4 Å². The van der Waals surface area contributed by atoms with Crippen molar-refractivity contribution in [2.24, 2.45) is 0 Å². The van der Waals surface area contributed by atoms with Crippen LogP contribution in [-0.4, -0.2) is 37.2 Å². The summed E-state index contributed by atoms with van der Waals surface area (Å²) in [5.41, 5.74) is 0. The molecule has 68 heavy (non-hydrogen) atoms. The molecule has 0 N–H and O–H groups in total. The van der Waals surface area contributed by atoms with Crippen LogP contribution in [0.5, 0.6) is 0 Å². The molecule has 0 aliphatic carbocycles. The summed E-state index contributed by atoms with van der Waals surface area (Å²) in [7, 11) is 0. The molecule has 0 aromatic rings. The van der Waals surface area contributed by atoms with Crippen LogP contribution in [0.2, 0.25) is 0 Å². The number of rotatable bonds is 52. The van der Waals surface area contributed by atoms with Gasteiger partial charge in [0.2, 0.25) is 0 Å². The topological polar surface area (TPSA) is 78.9 Å². The maximum Gasteiger partial charge on any atom is 0.306 e. The first-order valence-electron chi connectivity index (χ1n) is 29.0.